The van der Waals surface area contributed by atoms with Crippen LogP contribution >= 0.6 is 0 Å². The molecule has 2 aliphatic rings. The predicted octanol–water partition coefficient (Wildman–Crippen LogP) is 1.70. The number of amides is 1. The maximum atomic E-state index is 12.9. The molecule has 6 nitrogen and oxygen atoms in total. The van der Waals surface area contributed by atoms with Crippen LogP contribution in [0.15, 0.2) is 12.4 Å². The van der Waals surface area contributed by atoms with Crippen LogP contribution in [0.5, 0.6) is 0 Å². The van der Waals surface area contributed by atoms with Gasteiger partial charge in [0.1, 0.15) is 5.82 Å². The first kappa shape index (κ1) is 18.4. The number of aliphatic hydroxyl groups is 1. The van der Waals surface area contributed by atoms with E-state index in [0.717, 1.165) is 70.5 Å². The van der Waals surface area contributed by atoms with Crippen LogP contribution in [0.2, 0.25) is 0 Å². The number of carbonyl (C=O) groups is 1. The van der Waals surface area contributed by atoms with E-state index in [4.69, 9.17) is 0 Å². The molecule has 1 aromatic heterocycles. The van der Waals surface area contributed by atoms with Crippen LogP contribution in [0.25, 0.3) is 0 Å². The third-order valence-electron chi connectivity index (χ3n) is 5.68. The van der Waals surface area contributed by atoms with Crippen molar-refractivity contribution in [2.45, 2.75) is 57.1 Å². The molecule has 6 heteroatoms. The minimum absolute atomic E-state index is 0.107. The van der Waals surface area contributed by atoms with Crippen LogP contribution in [0.4, 0.5) is 0 Å². The summed E-state index contributed by atoms with van der Waals surface area (Å²) in [6.45, 7) is 3.58. The second-order valence-electron chi connectivity index (χ2n) is 7.91. The molecule has 1 aliphatic heterocycles. The quantitative estimate of drug-likeness (QED) is 0.880. The van der Waals surface area contributed by atoms with E-state index in [0.29, 0.717) is 11.8 Å². The number of rotatable bonds is 5. The predicted molar refractivity (Wildman–Crippen MR) is 97.3 cm³/mol. The van der Waals surface area contributed by atoms with Crippen molar-refractivity contribution in [3.05, 3.63) is 18.2 Å². The number of nitrogens with zero attached hydrogens (tertiary/aromatic N) is 4. The summed E-state index contributed by atoms with van der Waals surface area (Å²) in [6, 6.07) is 0. The fourth-order valence-electron chi connectivity index (χ4n) is 4.15. The molecule has 1 amide bonds. The molecule has 0 radical (unpaired) electrons. The van der Waals surface area contributed by atoms with E-state index in [1.54, 1.807) is 0 Å². The highest BCUT2D eigenvalue weighted by Gasteiger charge is 2.32. The van der Waals surface area contributed by atoms with Gasteiger partial charge in [-0.2, -0.15) is 0 Å². The first-order valence-electron chi connectivity index (χ1n) is 9.67. The lowest BCUT2D eigenvalue weighted by Crippen LogP contribution is -2.44. The zero-order valence-electron chi connectivity index (χ0n) is 15.6. The summed E-state index contributed by atoms with van der Waals surface area (Å²) in [6.07, 6.45) is 9.08. The molecule has 0 aromatic carbocycles. The second kappa shape index (κ2) is 8.32. The van der Waals surface area contributed by atoms with Crippen molar-refractivity contribution in [1.82, 2.24) is 19.4 Å². The Morgan fingerprint density at radius 1 is 1.28 bits per heavy atom. The molecule has 1 saturated carbocycles. The number of hydrogen-bond acceptors (Lipinski definition) is 4. The summed E-state index contributed by atoms with van der Waals surface area (Å²) in [7, 11) is 4.16. The maximum Gasteiger partial charge on any atom is 0.225 e. The lowest BCUT2D eigenvalue weighted by molar-refractivity contribution is -0.138. The minimum atomic E-state index is -0.206. The van der Waals surface area contributed by atoms with Crippen molar-refractivity contribution in [2.24, 2.45) is 5.92 Å². The molecule has 1 aromatic rings. The fourth-order valence-corrected chi connectivity index (χ4v) is 4.15. The Morgan fingerprint density at radius 3 is 2.76 bits per heavy atom. The summed E-state index contributed by atoms with van der Waals surface area (Å²) in [5.74, 6) is 1.86. The third kappa shape index (κ3) is 4.61. The van der Waals surface area contributed by atoms with Gasteiger partial charge in [-0.15, -0.1) is 0 Å². The van der Waals surface area contributed by atoms with E-state index in [9.17, 15) is 9.90 Å². The summed E-state index contributed by atoms with van der Waals surface area (Å²) >= 11 is 0. The monoisotopic (exact) mass is 348 g/mol. The molecular formula is C19H32N4O2. The van der Waals surface area contributed by atoms with E-state index in [1.807, 2.05) is 6.20 Å². The topological polar surface area (TPSA) is 61.6 Å². The molecule has 1 saturated heterocycles. The molecule has 2 fully saturated rings. The van der Waals surface area contributed by atoms with E-state index < -0.39 is 0 Å². The highest BCUT2D eigenvalue weighted by atomic mass is 16.3. The van der Waals surface area contributed by atoms with Gasteiger partial charge in [-0.1, -0.05) is 0 Å². The van der Waals surface area contributed by atoms with Crippen LogP contribution in [-0.2, 0) is 11.3 Å². The van der Waals surface area contributed by atoms with E-state index in [2.05, 4.69) is 39.6 Å². The number of carbonyl (C=O) groups excluding carboxylic acids is 1. The van der Waals surface area contributed by atoms with Gasteiger partial charge in [0.2, 0.25) is 5.91 Å². The zero-order valence-corrected chi connectivity index (χ0v) is 15.6. The molecule has 2 heterocycles. The Balaban J connectivity index is 1.61. The van der Waals surface area contributed by atoms with Crippen LogP contribution in [-0.4, -0.2) is 70.2 Å². The number of aliphatic hydroxyl groups excluding tert-OH is 1. The van der Waals surface area contributed by atoms with Crippen LogP contribution < -0.4 is 0 Å². The molecule has 3 rings (SSSR count). The van der Waals surface area contributed by atoms with E-state index in [-0.39, 0.29) is 12.0 Å². The van der Waals surface area contributed by atoms with Crippen LogP contribution in [0.3, 0.4) is 0 Å². The Labute approximate surface area is 150 Å². The van der Waals surface area contributed by atoms with Crippen molar-refractivity contribution in [3.63, 3.8) is 0 Å². The summed E-state index contributed by atoms with van der Waals surface area (Å²) < 4.78 is 2.25. The molecule has 0 unspecified atom stereocenters. The second-order valence-corrected chi connectivity index (χ2v) is 7.91. The van der Waals surface area contributed by atoms with Crippen molar-refractivity contribution in [1.29, 1.82) is 0 Å². The van der Waals surface area contributed by atoms with Gasteiger partial charge in [-0.3, -0.25) is 4.79 Å². The number of hydrogen-bond donors (Lipinski definition) is 1. The summed E-state index contributed by atoms with van der Waals surface area (Å²) in [4.78, 5) is 21.7. The number of likely N-dealkylation sites (tertiary alicyclic amines) is 1. The average Bonchev–Trinajstić information content (AvgIpc) is 3.09. The van der Waals surface area contributed by atoms with Crippen LogP contribution in [0, 0.1) is 5.92 Å². The lowest BCUT2D eigenvalue weighted by atomic mass is 9.85. The van der Waals surface area contributed by atoms with Crippen molar-refractivity contribution in [2.75, 3.05) is 33.7 Å². The van der Waals surface area contributed by atoms with Gasteiger partial charge in [-0.05, 0) is 52.6 Å². The maximum absolute atomic E-state index is 12.9. The van der Waals surface area contributed by atoms with Gasteiger partial charge < -0.3 is 19.5 Å². The summed E-state index contributed by atoms with van der Waals surface area (Å²) in [5, 5.41) is 9.67. The van der Waals surface area contributed by atoms with Crippen molar-refractivity contribution in [3.8, 4) is 0 Å². The molecule has 1 atom stereocenters. The SMILES string of the molecule is CN(C)CCn1ccnc1[C@H]1CCCN(C(=O)C2CCC(O)CC2)C1. The standard InChI is InChI=1S/C19H32N4O2/c1-21(2)12-13-22-11-9-20-18(22)16-4-3-10-23(14-16)19(25)15-5-7-17(24)8-6-15/h9,11,15-17,24H,3-8,10,12-14H2,1-2H3/t15?,16-,17?/m0/s1. The highest BCUT2D eigenvalue weighted by molar-refractivity contribution is 5.79. The first-order chi connectivity index (χ1) is 12.0. The number of likely N-dealkylation sites (N-methyl/N-ethyl adjacent to an activating group) is 1. The van der Waals surface area contributed by atoms with E-state index in [1.165, 1.54) is 0 Å². The Morgan fingerprint density at radius 2 is 2.04 bits per heavy atom. The fraction of sp³-hybridized carbons (Fsp3) is 0.789. The molecule has 25 heavy (non-hydrogen) atoms. The zero-order chi connectivity index (χ0) is 17.8. The van der Waals surface area contributed by atoms with E-state index >= 15 is 0 Å². The number of piperidine rings is 1. The smallest absolute Gasteiger partial charge is 0.225 e. The van der Waals surface area contributed by atoms with Crippen molar-refractivity contribution >= 4 is 5.91 Å². The highest BCUT2D eigenvalue weighted by Crippen LogP contribution is 2.30. The molecular weight excluding hydrogens is 316 g/mol. The first-order valence-corrected chi connectivity index (χ1v) is 9.67. The molecule has 1 N–H and O–H groups in total. The van der Waals surface area contributed by atoms with Gasteiger partial charge >= 0.3 is 0 Å². The Hall–Kier alpha value is -1.40. The normalized spacial score (nSPS) is 27.7. The van der Waals surface area contributed by atoms with Gasteiger partial charge in [0.05, 0.1) is 6.10 Å². The Bertz CT molecular complexity index is 564. The van der Waals surface area contributed by atoms with Crippen molar-refractivity contribution < 1.29 is 9.90 Å². The molecule has 0 bridgehead atoms. The van der Waals surface area contributed by atoms with Gasteiger partial charge in [-0.25, -0.2) is 4.98 Å². The lowest BCUT2D eigenvalue weighted by Gasteiger charge is -2.36. The molecule has 140 valence electrons. The number of aromatic nitrogens is 2. The minimum Gasteiger partial charge on any atom is -0.393 e. The largest absolute Gasteiger partial charge is 0.393 e. The number of imidazole rings is 1. The average molecular weight is 348 g/mol. The summed E-state index contributed by atoms with van der Waals surface area (Å²) in [5.41, 5.74) is 0. The molecule has 1 aliphatic carbocycles. The van der Waals surface area contributed by atoms with Gasteiger partial charge in [0, 0.05) is 50.4 Å². The van der Waals surface area contributed by atoms with Gasteiger partial charge in [0.15, 0.2) is 0 Å². The Kier molecular flexibility index (Phi) is 6.12. The van der Waals surface area contributed by atoms with Gasteiger partial charge in [0.25, 0.3) is 0 Å². The van der Waals surface area contributed by atoms with Crippen LogP contribution in [0.1, 0.15) is 50.3 Å². The third-order valence-corrected chi connectivity index (χ3v) is 5.68. The molecule has 0 spiro atoms.